The lowest BCUT2D eigenvalue weighted by atomic mass is 9.92. The molecule has 1 saturated heterocycles. The zero-order chi connectivity index (χ0) is 14.8. The second-order valence-electron chi connectivity index (χ2n) is 5.80. The molecule has 5 heteroatoms. The van der Waals surface area contributed by atoms with Crippen LogP contribution in [0.3, 0.4) is 0 Å². The molecule has 1 N–H and O–H groups in total. The lowest BCUT2D eigenvalue weighted by Crippen LogP contribution is -2.52. The molecule has 0 unspecified atom stereocenters. The number of hydrogen-bond donors (Lipinski definition) is 1. The molecular weight excluding hydrogens is 268 g/mol. The van der Waals surface area contributed by atoms with Gasteiger partial charge in [-0.2, -0.15) is 0 Å². The van der Waals surface area contributed by atoms with Gasteiger partial charge in [0.25, 0.3) is 5.91 Å². The number of aliphatic hydroxyl groups excluding tert-OH is 1. The predicted molar refractivity (Wildman–Crippen MR) is 78.9 cm³/mol. The third-order valence-corrected chi connectivity index (χ3v) is 4.41. The van der Waals surface area contributed by atoms with Gasteiger partial charge in [0.1, 0.15) is 6.10 Å². The summed E-state index contributed by atoms with van der Waals surface area (Å²) >= 11 is 0. The summed E-state index contributed by atoms with van der Waals surface area (Å²) in [6, 6.07) is 7.79. The van der Waals surface area contributed by atoms with Crippen LogP contribution in [0.25, 0.3) is 0 Å². The Morgan fingerprint density at radius 3 is 2.95 bits per heavy atom. The molecule has 2 atom stereocenters. The number of carbonyl (C=O) groups excluding carboxylic acids is 1. The number of benzene rings is 1. The Kier molecular flexibility index (Phi) is 4.24. The summed E-state index contributed by atoms with van der Waals surface area (Å²) in [4.78, 5) is 16.6. The van der Waals surface area contributed by atoms with E-state index >= 15 is 0 Å². The maximum absolute atomic E-state index is 12.7. The molecule has 2 heterocycles. The Balaban J connectivity index is 1.80. The van der Waals surface area contributed by atoms with E-state index in [1.807, 2.05) is 25.2 Å². The maximum Gasteiger partial charge on any atom is 0.253 e. The fourth-order valence-electron chi connectivity index (χ4n) is 3.22. The molecule has 1 aromatic rings. The summed E-state index contributed by atoms with van der Waals surface area (Å²) in [5, 5.41) is 9.76. The van der Waals surface area contributed by atoms with Crippen molar-refractivity contribution in [2.45, 2.75) is 18.6 Å². The van der Waals surface area contributed by atoms with Gasteiger partial charge in [0.15, 0.2) is 0 Å². The smallest absolute Gasteiger partial charge is 0.253 e. The molecule has 0 aromatic heterocycles. The van der Waals surface area contributed by atoms with Crippen molar-refractivity contribution in [3.05, 3.63) is 35.4 Å². The number of ether oxygens (including phenoxy) is 1. The summed E-state index contributed by atoms with van der Waals surface area (Å²) in [6.45, 7) is 2.66. The molecule has 0 radical (unpaired) electrons. The minimum Gasteiger partial charge on any atom is -0.394 e. The highest BCUT2D eigenvalue weighted by Gasteiger charge is 2.35. The second-order valence-corrected chi connectivity index (χ2v) is 5.80. The highest BCUT2D eigenvalue weighted by atomic mass is 16.5. The van der Waals surface area contributed by atoms with Gasteiger partial charge in [-0.3, -0.25) is 4.79 Å². The van der Waals surface area contributed by atoms with E-state index in [1.54, 1.807) is 4.90 Å². The molecule has 1 aromatic carbocycles. The van der Waals surface area contributed by atoms with E-state index in [-0.39, 0.29) is 18.6 Å². The van der Waals surface area contributed by atoms with Gasteiger partial charge in [-0.1, -0.05) is 24.3 Å². The molecule has 21 heavy (non-hydrogen) atoms. The van der Waals surface area contributed by atoms with Gasteiger partial charge in [0.2, 0.25) is 0 Å². The van der Waals surface area contributed by atoms with Gasteiger partial charge in [0.05, 0.1) is 19.3 Å². The number of nitrogens with zero attached hydrogens (tertiary/aromatic N) is 2. The summed E-state index contributed by atoms with van der Waals surface area (Å²) < 4.78 is 5.63. The monoisotopic (exact) mass is 290 g/mol. The van der Waals surface area contributed by atoms with Crippen molar-refractivity contribution in [3.8, 4) is 0 Å². The van der Waals surface area contributed by atoms with Crippen molar-refractivity contribution in [1.82, 2.24) is 9.80 Å². The molecule has 0 aliphatic carbocycles. The Morgan fingerprint density at radius 1 is 1.38 bits per heavy atom. The number of likely N-dealkylation sites (N-methyl/N-ethyl adjacent to an activating group) is 1. The van der Waals surface area contributed by atoms with Gasteiger partial charge in [0, 0.05) is 19.6 Å². The molecule has 114 valence electrons. The first kappa shape index (κ1) is 14.5. The minimum absolute atomic E-state index is 0.00453. The van der Waals surface area contributed by atoms with Crippen LogP contribution in [0.4, 0.5) is 0 Å². The molecule has 0 spiro atoms. The van der Waals surface area contributed by atoms with E-state index < -0.39 is 6.10 Å². The fraction of sp³-hybridized carbons (Fsp3) is 0.562. The first-order valence-electron chi connectivity index (χ1n) is 7.50. The third kappa shape index (κ3) is 2.81. The van der Waals surface area contributed by atoms with Gasteiger partial charge in [-0.05, 0) is 24.6 Å². The van der Waals surface area contributed by atoms with Crippen LogP contribution < -0.4 is 0 Å². The molecule has 1 amide bonds. The summed E-state index contributed by atoms with van der Waals surface area (Å²) in [6.07, 6.45) is 0.420. The van der Waals surface area contributed by atoms with Crippen LogP contribution >= 0.6 is 0 Å². The highest BCUT2D eigenvalue weighted by Crippen LogP contribution is 2.30. The number of amides is 1. The van der Waals surface area contributed by atoms with E-state index in [9.17, 15) is 9.90 Å². The number of aliphatic hydroxyl groups is 1. The van der Waals surface area contributed by atoms with Crippen LogP contribution in [0.15, 0.2) is 24.3 Å². The summed E-state index contributed by atoms with van der Waals surface area (Å²) in [7, 11) is 2.00. The number of morpholine rings is 1. The minimum atomic E-state index is -0.414. The number of hydrogen-bond acceptors (Lipinski definition) is 4. The van der Waals surface area contributed by atoms with Crippen molar-refractivity contribution in [1.29, 1.82) is 0 Å². The average Bonchev–Trinajstić information content (AvgIpc) is 2.53. The standard InChI is InChI=1S/C16H22N2O3/c1-17-8-9-21-15(10-17)16(20)18-7-6-12-4-2-3-5-13(12)14(18)11-19/h2-5,14-15,19H,6-11H2,1H3/t14-,15-/m0/s1. The van der Waals surface area contributed by atoms with Crippen LogP contribution in [0, 0.1) is 0 Å². The predicted octanol–water partition coefficient (Wildman–Crippen LogP) is 0.435. The Bertz CT molecular complexity index is 520. The van der Waals surface area contributed by atoms with Gasteiger partial charge in [-0.15, -0.1) is 0 Å². The van der Waals surface area contributed by atoms with Crippen LogP contribution in [-0.2, 0) is 16.0 Å². The van der Waals surface area contributed by atoms with Crippen molar-refractivity contribution < 1.29 is 14.6 Å². The molecule has 1 fully saturated rings. The molecule has 3 rings (SSSR count). The van der Waals surface area contributed by atoms with Crippen molar-refractivity contribution in [2.75, 3.05) is 39.9 Å². The quantitative estimate of drug-likeness (QED) is 0.858. The third-order valence-electron chi connectivity index (χ3n) is 4.41. The maximum atomic E-state index is 12.7. The largest absolute Gasteiger partial charge is 0.394 e. The normalized spacial score (nSPS) is 26.5. The first-order chi connectivity index (χ1) is 10.2. The average molecular weight is 290 g/mol. The van der Waals surface area contributed by atoms with Gasteiger partial charge in [-0.25, -0.2) is 0 Å². The Morgan fingerprint density at radius 2 is 2.19 bits per heavy atom. The number of carbonyl (C=O) groups is 1. The molecule has 2 aliphatic heterocycles. The zero-order valence-electron chi connectivity index (χ0n) is 12.4. The van der Waals surface area contributed by atoms with E-state index in [0.29, 0.717) is 19.7 Å². The van der Waals surface area contributed by atoms with Crippen molar-refractivity contribution in [3.63, 3.8) is 0 Å². The van der Waals surface area contributed by atoms with Crippen LogP contribution in [0.5, 0.6) is 0 Å². The molecule has 0 bridgehead atoms. The van der Waals surface area contributed by atoms with Crippen LogP contribution in [0.1, 0.15) is 17.2 Å². The van der Waals surface area contributed by atoms with Crippen molar-refractivity contribution >= 4 is 5.91 Å². The molecule has 2 aliphatic rings. The fourth-order valence-corrected chi connectivity index (χ4v) is 3.22. The lowest BCUT2D eigenvalue weighted by Gasteiger charge is -2.40. The lowest BCUT2D eigenvalue weighted by molar-refractivity contribution is -0.152. The molecule has 5 nitrogen and oxygen atoms in total. The Hall–Kier alpha value is -1.43. The van der Waals surface area contributed by atoms with Crippen molar-refractivity contribution in [2.24, 2.45) is 0 Å². The van der Waals surface area contributed by atoms with Crippen LogP contribution in [-0.4, -0.2) is 66.8 Å². The van der Waals surface area contributed by atoms with E-state index in [2.05, 4.69) is 11.0 Å². The number of fused-ring (bicyclic) bond motifs is 1. The van der Waals surface area contributed by atoms with Crippen LogP contribution in [0.2, 0.25) is 0 Å². The summed E-state index contributed by atoms with van der Waals surface area (Å²) in [5.41, 5.74) is 2.28. The first-order valence-corrected chi connectivity index (χ1v) is 7.50. The Labute approximate surface area is 125 Å². The second kappa shape index (κ2) is 6.13. The highest BCUT2D eigenvalue weighted by molar-refractivity contribution is 5.82. The van der Waals surface area contributed by atoms with E-state index in [4.69, 9.17) is 4.74 Å². The van der Waals surface area contributed by atoms with E-state index in [1.165, 1.54) is 5.56 Å². The van der Waals surface area contributed by atoms with E-state index in [0.717, 1.165) is 18.5 Å². The SMILES string of the molecule is CN1CCO[C@H](C(=O)N2CCc3ccccc3[C@@H]2CO)C1. The molecular formula is C16H22N2O3. The zero-order valence-corrected chi connectivity index (χ0v) is 12.4. The molecule has 0 saturated carbocycles. The topological polar surface area (TPSA) is 53.0 Å². The van der Waals surface area contributed by atoms with Gasteiger partial charge < -0.3 is 19.6 Å². The number of rotatable bonds is 2. The van der Waals surface area contributed by atoms with Gasteiger partial charge >= 0.3 is 0 Å². The summed E-state index contributed by atoms with van der Waals surface area (Å²) in [5.74, 6) is -0.00453.